The zero-order chi connectivity index (χ0) is 16.9. The number of hydrogen-bond acceptors (Lipinski definition) is 4. The maximum Gasteiger partial charge on any atom is 0.222 e. The van der Waals surface area contributed by atoms with E-state index >= 15 is 0 Å². The predicted molar refractivity (Wildman–Crippen MR) is 92.3 cm³/mol. The Kier molecular flexibility index (Phi) is 5.51. The second-order valence-corrected chi connectivity index (χ2v) is 6.80. The molecule has 2 fully saturated rings. The second-order valence-electron chi connectivity index (χ2n) is 6.80. The van der Waals surface area contributed by atoms with Crippen LogP contribution in [0.5, 0.6) is 5.75 Å². The van der Waals surface area contributed by atoms with Gasteiger partial charge in [0.15, 0.2) is 5.78 Å². The molecule has 1 amide bonds. The number of carbonyl (C=O) groups excluding carboxylic acids is 2. The van der Waals surface area contributed by atoms with E-state index in [0.29, 0.717) is 42.8 Å². The van der Waals surface area contributed by atoms with Crippen LogP contribution < -0.4 is 10.1 Å². The normalized spacial score (nSPS) is 23.0. The molecule has 2 unspecified atom stereocenters. The van der Waals surface area contributed by atoms with E-state index in [-0.39, 0.29) is 11.7 Å². The summed E-state index contributed by atoms with van der Waals surface area (Å²) in [6.07, 6.45) is 4.71. The zero-order valence-electron chi connectivity index (χ0n) is 14.3. The van der Waals surface area contributed by atoms with Crippen LogP contribution in [0.3, 0.4) is 0 Å². The molecule has 1 N–H and O–H groups in total. The van der Waals surface area contributed by atoms with Crippen LogP contribution in [0.15, 0.2) is 24.3 Å². The summed E-state index contributed by atoms with van der Waals surface area (Å²) in [7, 11) is 0. The Morgan fingerprint density at radius 2 is 2.08 bits per heavy atom. The molecule has 5 heteroatoms. The van der Waals surface area contributed by atoms with Crippen molar-refractivity contribution >= 4 is 11.7 Å². The van der Waals surface area contributed by atoms with Crippen molar-refractivity contribution in [3.63, 3.8) is 0 Å². The van der Waals surface area contributed by atoms with E-state index in [1.165, 1.54) is 12.8 Å². The third-order valence-electron chi connectivity index (χ3n) is 4.92. The van der Waals surface area contributed by atoms with Gasteiger partial charge in [0.2, 0.25) is 5.91 Å². The maximum atomic E-state index is 12.4. The van der Waals surface area contributed by atoms with Crippen LogP contribution in [0.2, 0.25) is 0 Å². The Bertz CT molecular complexity index is 602. The summed E-state index contributed by atoms with van der Waals surface area (Å²) in [5.41, 5.74) is 0.649. The topological polar surface area (TPSA) is 58.6 Å². The molecule has 0 radical (unpaired) electrons. The fourth-order valence-corrected chi connectivity index (χ4v) is 3.55. The van der Waals surface area contributed by atoms with Gasteiger partial charge in [-0.05, 0) is 44.7 Å². The molecule has 0 aliphatic carbocycles. The molecular weight excluding hydrogens is 304 g/mol. The Hall–Kier alpha value is -1.88. The van der Waals surface area contributed by atoms with Crippen molar-refractivity contribution in [1.82, 2.24) is 10.2 Å². The van der Waals surface area contributed by atoms with Gasteiger partial charge in [0, 0.05) is 37.2 Å². The standard InChI is InChI=1S/C19H26N2O3/c1-14(22)15-4-2-5-18(12-15)24-11-3-6-19(23)21-10-9-16-7-8-17(13-21)20-16/h2,4-5,12,16-17,20H,3,6-11,13H2,1H3. The number of hydrogen-bond donors (Lipinski definition) is 1. The van der Waals surface area contributed by atoms with E-state index in [1.54, 1.807) is 19.1 Å². The first kappa shape index (κ1) is 17.0. The van der Waals surface area contributed by atoms with E-state index in [2.05, 4.69) is 5.32 Å². The molecule has 2 heterocycles. The van der Waals surface area contributed by atoms with E-state index in [9.17, 15) is 9.59 Å². The molecule has 0 spiro atoms. The number of likely N-dealkylation sites (tertiary alicyclic amines) is 1. The van der Waals surface area contributed by atoms with Gasteiger partial charge < -0.3 is 15.0 Å². The van der Waals surface area contributed by atoms with Gasteiger partial charge in [-0.1, -0.05) is 12.1 Å². The van der Waals surface area contributed by atoms with Crippen molar-refractivity contribution in [3.05, 3.63) is 29.8 Å². The number of carbonyl (C=O) groups is 2. The van der Waals surface area contributed by atoms with Gasteiger partial charge in [0.05, 0.1) is 6.61 Å². The lowest BCUT2D eigenvalue weighted by Crippen LogP contribution is -2.39. The van der Waals surface area contributed by atoms with Crippen molar-refractivity contribution in [3.8, 4) is 5.75 Å². The number of benzene rings is 1. The Morgan fingerprint density at radius 3 is 2.92 bits per heavy atom. The Balaban J connectivity index is 1.40. The number of rotatable bonds is 6. The quantitative estimate of drug-likeness (QED) is 0.643. The van der Waals surface area contributed by atoms with Crippen LogP contribution in [0.1, 0.15) is 49.4 Å². The number of nitrogens with zero attached hydrogens (tertiary/aromatic N) is 1. The first-order valence-electron chi connectivity index (χ1n) is 8.89. The van der Waals surface area contributed by atoms with Gasteiger partial charge in [-0.25, -0.2) is 0 Å². The molecule has 2 bridgehead atoms. The minimum atomic E-state index is 0.0275. The summed E-state index contributed by atoms with van der Waals surface area (Å²) < 4.78 is 5.67. The minimum Gasteiger partial charge on any atom is -0.494 e. The molecule has 0 aromatic heterocycles. The number of nitrogens with one attached hydrogen (secondary N) is 1. The van der Waals surface area contributed by atoms with Crippen molar-refractivity contribution in [2.24, 2.45) is 0 Å². The van der Waals surface area contributed by atoms with Gasteiger partial charge in [0.1, 0.15) is 5.75 Å². The summed E-state index contributed by atoms with van der Waals surface area (Å²) in [6.45, 7) is 3.75. The lowest BCUT2D eigenvalue weighted by molar-refractivity contribution is -0.131. The maximum absolute atomic E-state index is 12.4. The highest BCUT2D eigenvalue weighted by Gasteiger charge is 2.30. The fraction of sp³-hybridized carbons (Fsp3) is 0.579. The van der Waals surface area contributed by atoms with E-state index in [1.807, 2.05) is 17.0 Å². The van der Waals surface area contributed by atoms with Gasteiger partial charge in [-0.15, -0.1) is 0 Å². The third kappa shape index (κ3) is 4.35. The van der Waals surface area contributed by atoms with Crippen molar-refractivity contribution in [1.29, 1.82) is 0 Å². The average molecular weight is 330 g/mol. The van der Waals surface area contributed by atoms with Crippen LogP contribution >= 0.6 is 0 Å². The first-order valence-corrected chi connectivity index (χ1v) is 8.89. The molecular formula is C19H26N2O3. The summed E-state index contributed by atoms with van der Waals surface area (Å²) >= 11 is 0. The zero-order valence-corrected chi connectivity index (χ0v) is 14.3. The second kappa shape index (κ2) is 7.79. The minimum absolute atomic E-state index is 0.0275. The average Bonchev–Trinajstić information content (AvgIpc) is 2.90. The highest BCUT2D eigenvalue weighted by molar-refractivity contribution is 5.94. The molecule has 3 rings (SSSR count). The molecule has 2 atom stereocenters. The number of fused-ring (bicyclic) bond motifs is 2. The van der Waals surface area contributed by atoms with Crippen LogP contribution in [0.25, 0.3) is 0 Å². The fourth-order valence-electron chi connectivity index (χ4n) is 3.55. The predicted octanol–water partition coefficient (Wildman–Crippen LogP) is 2.40. The smallest absolute Gasteiger partial charge is 0.222 e. The van der Waals surface area contributed by atoms with Crippen LogP contribution in [-0.2, 0) is 4.79 Å². The Morgan fingerprint density at radius 1 is 1.25 bits per heavy atom. The van der Waals surface area contributed by atoms with E-state index < -0.39 is 0 Å². The molecule has 1 aromatic rings. The summed E-state index contributed by atoms with van der Waals surface area (Å²) in [6, 6.07) is 8.26. The highest BCUT2D eigenvalue weighted by atomic mass is 16.5. The molecule has 130 valence electrons. The van der Waals surface area contributed by atoms with Gasteiger partial charge >= 0.3 is 0 Å². The number of amides is 1. The molecule has 5 nitrogen and oxygen atoms in total. The first-order chi connectivity index (χ1) is 11.6. The van der Waals surface area contributed by atoms with Crippen LogP contribution in [-0.4, -0.2) is 48.4 Å². The SMILES string of the molecule is CC(=O)c1cccc(OCCCC(=O)N2CCC3CCC(C2)N3)c1. The molecule has 2 aliphatic rings. The van der Waals surface area contributed by atoms with Gasteiger partial charge in [-0.3, -0.25) is 9.59 Å². The summed E-state index contributed by atoms with van der Waals surface area (Å²) in [4.78, 5) is 25.8. The van der Waals surface area contributed by atoms with E-state index in [4.69, 9.17) is 4.74 Å². The van der Waals surface area contributed by atoms with Gasteiger partial charge in [-0.2, -0.15) is 0 Å². The monoisotopic (exact) mass is 330 g/mol. The molecule has 1 aromatic carbocycles. The largest absolute Gasteiger partial charge is 0.494 e. The van der Waals surface area contributed by atoms with Crippen LogP contribution in [0, 0.1) is 0 Å². The van der Waals surface area contributed by atoms with Crippen molar-refractivity contribution < 1.29 is 14.3 Å². The number of ether oxygens (including phenoxy) is 1. The summed E-state index contributed by atoms with van der Waals surface area (Å²) in [5.74, 6) is 0.941. The van der Waals surface area contributed by atoms with Gasteiger partial charge in [0.25, 0.3) is 0 Å². The molecule has 2 aliphatic heterocycles. The number of Topliss-reactive ketones (excluding diaryl/α,β-unsaturated/α-hetero) is 1. The van der Waals surface area contributed by atoms with Crippen molar-refractivity contribution in [2.75, 3.05) is 19.7 Å². The third-order valence-corrected chi connectivity index (χ3v) is 4.92. The number of ketones is 1. The lowest BCUT2D eigenvalue weighted by Gasteiger charge is -2.24. The molecule has 2 saturated heterocycles. The summed E-state index contributed by atoms with van der Waals surface area (Å²) in [5, 5.41) is 3.59. The Labute approximate surface area is 143 Å². The lowest BCUT2D eigenvalue weighted by atomic mass is 10.1. The highest BCUT2D eigenvalue weighted by Crippen LogP contribution is 2.21. The molecule has 24 heavy (non-hydrogen) atoms. The van der Waals surface area contributed by atoms with E-state index in [0.717, 1.165) is 19.5 Å². The molecule has 0 saturated carbocycles. The van der Waals surface area contributed by atoms with Crippen molar-refractivity contribution in [2.45, 2.75) is 51.1 Å². The van der Waals surface area contributed by atoms with Crippen LogP contribution in [0.4, 0.5) is 0 Å².